The van der Waals surface area contributed by atoms with E-state index < -0.39 is 5.91 Å². The summed E-state index contributed by atoms with van der Waals surface area (Å²) in [5, 5.41) is 20.0. The van der Waals surface area contributed by atoms with Gasteiger partial charge in [-0.15, -0.1) is 0 Å². The fourth-order valence-electron chi connectivity index (χ4n) is 1.69. The summed E-state index contributed by atoms with van der Waals surface area (Å²) < 4.78 is 0.968. The van der Waals surface area contributed by atoms with Crippen molar-refractivity contribution >= 4 is 38.3 Å². The van der Waals surface area contributed by atoms with Gasteiger partial charge in [-0.2, -0.15) is 0 Å². The number of fused-ring (bicyclic) bond motifs is 1. The smallest absolute Gasteiger partial charge is 0.262 e. The molecule has 0 spiro atoms. The van der Waals surface area contributed by atoms with Gasteiger partial charge >= 0.3 is 0 Å². The minimum Gasteiger partial charge on any atom is -0.512 e. The zero-order valence-corrected chi connectivity index (χ0v) is 11.3. The van der Waals surface area contributed by atoms with Crippen molar-refractivity contribution in [3.63, 3.8) is 0 Å². The first-order valence-electron chi connectivity index (χ1n) is 5.61. The van der Waals surface area contributed by atoms with Gasteiger partial charge in [0.15, 0.2) is 5.13 Å². The molecule has 0 fully saturated rings. The number of rotatable bonds is 3. The van der Waals surface area contributed by atoms with Crippen molar-refractivity contribution in [2.75, 3.05) is 5.32 Å². The van der Waals surface area contributed by atoms with Crippen molar-refractivity contribution in [2.45, 2.75) is 13.8 Å². The molecule has 0 radical (unpaired) electrons. The standard InChI is InChI=1S/C13H13N3O2S/c1-7(14)11(8(2)17)12(18)16-13-15-9-5-3-4-6-10(9)19-13/h3-6,14,17H,1-2H3,(H,15,16,18)/b11-8+,14-7?. The lowest BCUT2D eigenvalue weighted by atomic mass is 10.1. The van der Waals surface area contributed by atoms with E-state index >= 15 is 0 Å². The number of carbonyl (C=O) groups excluding carboxylic acids is 1. The van der Waals surface area contributed by atoms with Crippen LogP contribution in [-0.2, 0) is 4.79 Å². The number of thiazole rings is 1. The average Bonchev–Trinajstić information content (AvgIpc) is 2.69. The number of amides is 1. The maximum atomic E-state index is 12.0. The van der Waals surface area contributed by atoms with E-state index in [1.165, 1.54) is 25.2 Å². The van der Waals surface area contributed by atoms with E-state index in [2.05, 4.69) is 10.3 Å². The Morgan fingerprint density at radius 2 is 2.05 bits per heavy atom. The number of aromatic nitrogens is 1. The maximum absolute atomic E-state index is 12.0. The van der Waals surface area contributed by atoms with Crippen LogP contribution in [-0.4, -0.2) is 21.7 Å². The summed E-state index contributed by atoms with van der Waals surface area (Å²) in [4.78, 5) is 16.2. The molecule has 5 nitrogen and oxygen atoms in total. The highest BCUT2D eigenvalue weighted by molar-refractivity contribution is 7.22. The third-order valence-electron chi connectivity index (χ3n) is 2.48. The Morgan fingerprint density at radius 1 is 1.37 bits per heavy atom. The summed E-state index contributed by atoms with van der Waals surface area (Å²) >= 11 is 1.35. The SMILES string of the molecule is CC(=N)/C(C(=O)Nc1nc2ccccc2s1)=C(/C)O. The number of carbonyl (C=O) groups is 1. The van der Waals surface area contributed by atoms with Crippen LogP contribution in [0, 0.1) is 5.41 Å². The predicted octanol–water partition coefficient (Wildman–Crippen LogP) is 3.11. The third-order valence-corrected chi connectivity index (χ3v) is 3.43. The van der Waals surface area contributed by atoms with Crippen LogP contribution in [0.2, 0.25) is 0 Å². The van der Waals surface area contributed by atoms with E-state index in [1.807, 2.05) is 24.3 Å². The Hall–Kier alpha value is -2.21. The number of anilines is 1. The van der Waals surface area contributed by atoms with E-state index in [-0.39, 0.29) is 17.0 Å². The number of nitrogens with one attached hydrogen (secondary N) is 2. The van der Waals surface area contributed by atoms with Gasteiger partial charge in [-0.1, -0.05) is 23.5 Å². The number of benzene rings is 1. The van der Waals surface area contributed by atoms with E-state index in [9.17, 15) is 9.90 Å². The van der Waals surface area contributed by atoms with Crippen LogP contribution in [0.1, 0.15) is 13.8 Å². The van der Waals surface area contributed by atoms with Gasteiger partial charge < -0.3 is 10.5 Å². The van der Waals surface area contributed by atoms with Crippen molar-refractivity contribution < 1.29 is 9.90 Å². The van der Waals surface area contributed by atoms with Gasteiger partial charge in [-0.05, 0) is 26.0 Å². The minimum absolute atomic E-state index is 0.0126. The van der Waals surface area contributed by atoms with Gasteiger partial charge in [-0.3, -0.25) is 10.1 Å². The van der Waals surface area contributed by atoms with Crippen LogP contribution in [0.5, 0.6) is 0 Å². The van der Waals surface area contributed by atoms with Gasteiger partial charge in [0, 0.05) is 5.71 Å². The number of allylic oxidation sites excluding steroid dienone is 1. The number of aliphatic hydroxyl groups excluding tert-OH is 1. The summed E-state index contributed by atoms with van der Waals surface area (Å²) in [6.45, 7) is 2.83. The summed E-state index contributed by atoms with van der Waals surface area (Å²) in [5.74, 6) is -0.697. The van der Waals surface area contributed by atoms with Gasteiger partial charge in [0.05, 0.1) is 15.8 Å². The van der Waals surface area contributed by atoms with Crippen molar-refractivity contribution in [1.29, 1.82) is 5.41 Å². The Balaban J connectivity index is 2.28. The van der Waals surface area contributed by atoms with Crippen LogP contribution in [0.15, 0.2) is 35.6 Å². The van der Waals surface area contributed by atoms with Crippen LogP contribution in [0.4, 0.5) is 5.13 Å². The van der Waals surface area contributed by atoms with Crippen LogP contribution in [0.25, 0.3) is 10.2 Å². The molecule has 0 saturated carbocycles. The Bertz CT molecular complexity index is 651. The van der Waals surface area contributed by atoms with Crippen molar-refractivity contribution in [3.8, 4) is 0 Å². The number of hydrogen-bond donors (Lipinski definition) is 3. The first kappa shape index (κ1) is 13.2. The molecule has 0 unspecified atom stereocenters. The monoisotopic (exact) mass is 275 g/mol. The molecule has 1 amide bonds. The Kier molecular flexibility index (Phi) is 3.62. The van der Waals surface area contributed by atoms with E-state index in [4.69, 9.17) is 5.41 Å². The lowest BCUT2D eigenvalue weighted by Crippen LogP contribution is -2.20. The molecule has 19 heavy (non-hydrogen) atoms. The minimum atomic E-state index is -0.522. The fourth-order valence-corrected chi connectivity index (χ4v) is 2.55. The predicted molar refractivity (Wildman–Crippen MR) is 77.0 cm³/mol. The number of para-hydroxylation sites is 1. The second kappa shape index (κ2) is 5.19. The zero-order chi connectivity index (χ0) is 14.0. The topological polar surface area (TPSA) is 86.1 Å². The molecule has 1 heterocycles. The largest absolute Gasteiger partial charge is 0.512 e. The van der Waals surface area contributed by atoms with Crippen molar-refractivity contribution in [2.24, 2.45) is 0 Å². The van der Waals surface area contributed by atoms with E-state index in [0.717, 1.165) is 10.2 Å². The molecule has 3 N–H and O–H groups in total. The molecule has 0 aliphatic carbocycles. The molecule has 6 heteroatoms. The number of nitrogens with zero attached hydrogens (tertiary/aromatic N) is 1. The number of hydrogen-bond acceptors (Lipinski definition) is 5. The summed E-state index contributed by atoms with van der Waals surface area (Å²) in [7, 11) is 0. The molecule has 0 aliphatic heterocycles. The van der Waals surface area contributed by atoms with Crippen LogP contribution in [0.3, 0.4) is 0 Å². The highest BCUT2D eigenvalue weighted by Gasteiger charge is 2.17. The highest BCUT2D eigenvalue weighted by atomic mass is 32.1. The van der Waals surface area contributed by atoms with Gasteiger partial charge in [0.25, 0.3) is 5.91 Å². The Labute approximate surface area is 114 Å². The van der Waals surface area contributed by atoms with Gasteiger partial charge in [-0.25, -0.2) is 4.98 Å². The fraction of sp³-hybridized carbons (Fsp3) is 0.154. The highest BCUT2D eigenvalue weighted by Crippen LogP contribution is 2.25. The third kappa shape index (κ3) is 2.79. The second-order valence-corrected chi connectivity index (χ2v) is 5.06. The molecule has 1 aromatic carbocycles. The zero-order valence-electron chi connectivity index (χ0n) is 10.5. The lowest BCUT2D eigenvalue weighted by molar-refractivity contribution is -0.112. The second-order valence-electron chi connectivity index (χ2n) is 4.03. The molecule has 0 atom stereocenters. The number of aliphatic hydroxyl groups is 1. The normalized spacial score (nSPS) is 12.1. The van der Waals surface area contributed by atoms with Gasteiger partial charge in [0.1, 0.15) is 5.76 Å². The summed E-state index contributed by atoms with van der Waals surface area (Å²) in [6.07, 6.45) is 0. The molecule has 1 aromatic heterocycles. The van der Waals surface area contributed by atoms with E-state index in [0.29, 0.717) is 5.13 Å². The molecule has 2 aromatic rings. The molecule has 0 bridgehead atoms. The lowest BCUT2D eigenvalue weighted by Gasteiger charge is -2.06. The molecular weight excluding hydrogens is 262 g/mol. The molecule has 98 valence electrons. The van der Waals surface area contributed by atoms with Crippen LogP contribution < -0.4 is 5.32 Å². The maximum Gasteiger partial charge on any atom is 0.262 e. The molecule has 2 rings (SSSR count). The first-order valence-corrected chi connectivity index (χ1v) is 6.43. The molecular formula is C13H13N3O2S. The molecule has 0 aliphatic rings. The quantitative estimate of drug-likeness (QED) is 0.457. The van der Waals surface area contributed by atoms with Crippen LogP contribution >= 0.6 is 11.3 Å². The first-order chi connectivity index (χ1) is 8.99. The van der Waals surface area contributed by atoms with E-state index in [1.54, 1.807) is 0 Å². The summed E-state index contributed by atoms with van der Waals surface area (Å²) in [6, 6.07) is 7.55. The van der Waals surface area contributed by atoms with Gasteiger partial charge in [0.2, 0.25) is 0 Å². The van der Waals surface area contributed by atoms with Crippen molar-refractivity contribution in [1.82, 2.24) is 4.98 Å². The molecule has 0 saturated heterocycles. The average molecular weight is 275 g/mol. The summed E-state index contributed by atoms with van der Waals surface area (Å²) in [5.41, 5.74) is 0.790. The Morgan fingerprint density at radius 3 is 2.63 bits per heavy atom. The van der Waals surface area contributed by atoms with Crippen molar-refractivity contribution in [3.05, 3.63) is 35.6 Å².